The highest BCUT2D eigenvalue weighted by atomic mass is 35.5. The zero-order valence-electron chi connectivity index (χ0n) is 17.3. The molecule has 166 valence electrons. The summed E-state index contributed by atoms with van der Waals surface area (Å²) in [5.41, 5.74) is 2.79. The van der Waals surface area contributed by atoms with Gasteiger partial charge in [-0.3, -0.25) is 4.79 Å². The number of Topliss-reactive ketones (excluding diaryl/α,β-unsaturated/α-hetero) is 1. The molecule has 33 heavy (non-hydrogen) atoms. The number of halogens is 2. The van der Waals surface area contributed by atoms with Crippen molar-refractivity contribution in [2.24, 2.45) is 0 Å². The Bertz CT molecular complexity index is 1330. The van der Waals surface area contributed by atoms with E-state index in [2.05, 4.69) is 0 Å². The minimum Gasteiger partial charge on any atom is -0.467 e. The fourth-order valence-corrected chi connectivity index (χ4v) is 4.12. The number of carbonyl (C=O) groups is 2. The molecule has 0 spiro atoms. The first kappa shape index (κ1) is 21.5. The maximum Gasteiger partial charge on any atom is 0.343 e. The highest BCUT2D eigenvalue weighted by Crippen LogP contribution is 2.39. The molecular weight excluding hydrogens is 467 g/mol. The molecule has 2 heterocycles. The smallest absolute Gasteiger partial charge is 0.343 e. The minimum atomic E-state index is -0.545. The van der Waals surface area contributed by atoms with Gasteiger partial charge in [-0.15, -0.1) is 0 Å². The van der Waals surface area contributed by atoms with Crippen LogP contribution in [0.4, 0.5) is 0 Å². The van der Waals surface area contributed by atoms with E-state index in [-0.39, 0.29) is 24.1 Å². The van der Waals surface area contributed by atoms with E-state index >= 15 is 0 Å². The first-order chi connectivity index (χ1) is 15.9. The predicted octanol–water partition coefficient (Wildman–Crippen LogP) is 6.00. The Balaban J connectivity index is 1.44. The molecule has 3 aromatic rings. The van der Waals surface area contributed by atoms with E-state index in [1.165, 1.54) is 6.07 Å². The van der Waals surface area contributed by atoms with Crippen molar-refractivity contribution >= 4 is 41.0 Å². The Morgan fingerprint density at radius 3 is 2.64 bits per heavy atom. The lowest BCUT2D eigenvalue weighted by Gasteiger charge is -2.20. The zero-order chi connectivity index (χ0) is 23.1. The molecule has 6 nitrogen and oxygen atoms in total. The van der Waals surface area contributed by atoms with Crippen LogP contribution in [-0.4, -0.2) is 18.5 Å². The van der Waals surface area contributed by atoms with Gasteiger partial charge in [0.1, 0.15) is 17.2 Å². The van der Waals surface area contributed by atoms with Gasteiger partial charge in [-0.25, -0.2) is 4.79 Å². The lowest BCUT2D eigenvalue weighted by molar-refractivity contribution is -0.0165. The molecule has 8 heteroatoms. The molecule has 0 saturated carbocycles. The molecule has 0 aliphatic carbocycles. The van der Waals surface area contributed by atoms with Gasteiger partial charge in [-0.05, 0) is 61.0 Å². The summed E-state index contributed by atoms with van der Waals surface area (Å²) < 4.78 is 22.2. The Hall–Kier alpha value is -3.32. The predicted molar refractivity (Wildman–Crippen MR) is 122 cm³/mol. The number of fused-ring (bicyclic) bond motifs is 2. The number of hydrogen-bond donors (Lipinski definition) is 0. The summed E-state index contributed by atoms with van der Waals surface area (Å²) in [7, 11) is 0. The number of rotatable bonds is 3. The van der Waals surface area contributed by atoms with Crippen molar-refractivity contribution in [1.29, 1.82) is 0 Å². The average molecular weight is 483 g/mol. The molecule has 2 aliphatic heterocycles. The molecular formula is C25H16Cl2O6. The summed E-state index contributed by atoms with van der Waals surface area (Å²) in [4.78, 5) is 25.5. The lowest BCUT2D eigenvalue weighted by atomic mass is 10.0. The number of carbonyl (C=O) groups excluding carboxylic acids is 2. The lowest BCUT2D eigenvalue weighted by Crippen LogP contribution is -2.12. The number of ether oxygens (including phenoxy) is 4. The number of esters is 1. The summed E-state index contributed by atoms with van der Waals surface area (Å²) >= 11 is 12.1. The van der Waals surface area contributed by atoms with Gasteiger partial charge in [0, 0.05) is 27.2 Å². The van der Waals surface area contributed by atoms with Gasteiger partial charge < -0.3 is 18.9 Å². The van der Waals surface area contributed by atoms with Gasteiger partial charge in [0.2, 0.25) is 5.78 Å². The monoisotopic (exact) mass is 482 g/mol. The molecule has 0 amide bonds. The first-order valence-corrected chi connectivity index (χ1v) is 10.7. The highest BCUT2D eigenvalue weighted by molar-refractivity contribution is 6.31. The topological polar surface area (TPSA) is 71.1 Å². The molecule has 3 aromatic carbocycles. The van der Waals surface area contributed by atoms with E-state index in [4.69, 9.17) is 42.1 Å². The summed E-state index contributed by atoms with van der Waals surface area (Å²) in [6.45, 7) is 2.23. The molecule has 0 atom stereocenters. The van der Waals surface area contributed by atoms with Gasteiger partial charge in [-0.1, -0.05) is 23.2 Å². The van der Waals surface area contributed by atoms with Crippen LogP contribution in [0.1, 0.15) is 37.4 Å². The molecule has 0 aromatic heterocycles. The minimum absolute atomic E-state index is 0.112. The van der Waals surface area contributed by atoms with Crippen LogP contribution in [0.2, 0.25) is 10.0 Å². The van der Waals surface area contributed by atoms with Crippen molar-refractivity contribution in [1.82, 2.24) is 0 Å². The van der Waals surface area contributed by atoms with Gasteiger partial charge in [0.15, 0.2) is 12.6 Å². The van der Waals surface area contributed by atoms with E-state index in [1.54, 1.807) is 55.5 Å². The molecule has 0 saturated heterocycles. The summed E-state index contributed by atoms with van der Waals surface area (Å²) in [5.74, 6) is 0.467. The third-order valence-corrected chi connectivity index (χ3v) is 5.69. The highest BCUT2D eigenvalue weighted by Gasteiger charge is 2.31. The largest absolute Gasteiger partial charge is 0.467 e. The number of benzene rings is 3. The fraction of sp³-hybridized carbons (Fsp3) is 0.120. The molecule has 2 aliphatic rings. The SMILES string of the molecule is Cc1cc(OC(=O)c2ccc(Cl)cc2)cc2c1C(=O)/C(=C/c1cc(Cl)cc3c1OCOC3)O2. The third kappa shape index (κ3) is 4.20. The molecule has 0 unspecified atom stereocenters. The second-order valence-electron chi connectivity index (χ2n) is 7.54. The van der Waals surface area contributed by atoms with Crippen molar-refractivity contribution < 1.29 is 28.5 Å². The number of ketones is 1. The maximum atomic E-state index is 13.0. The van der Waals surface area contributed by atoms with Gasteiger partial charge in [-0.2, -0.15) is 0 Å². The van der Waals surface area contributed by atoms with Gasteiger partial charge in [0.25, 0.3) is 0 Å². The number of hydrogen-bond acceptors (Lipinski definition) is 6. The average Bonchev–Trinajstić information content (AvgIpc) is 3.09. The van der Waals surface area contributed by atoms with E-state index in [9.17, 15) is 9.59 Å². The van der Waals surface area contributed by atoms with Crippen LogP contribution in [0.25, 0.3) is 6.08 Å². The van der Waals surface area contributed by atoms with Gasteiger partial charge in [0.05, 0.1) is 17.7 Å². The first-order valence-electron chi connectivity index (χ1n) is 9.98. The van der Waals surface area contributed by atoms with Crippen molar-refractivity contribution in [2.75, 3.05) is 6.79 Å². The molecule has 0 N–H and O–H groups in total. The summed E-state index contributed by atoms with van der Waals surface area (Å²) in [6, 6.07) is 13.0. The van der Waals surface area contributed by atoms with Crippen molar-refractivity contribution in [2.45, 2.75) is 13.5 Å². The summed E-state index contributed by atoms with van der Waals surface area (Å²) in [5, 5.41) is 1.01. The van der Waals surface area contributed by atoms with Crippen molar-refractivity contribution in [3.8, 4) is 17.2 Å². The zero-order valence-corrected chi connectivity index (χ0v) is 18.8. The van der Waals surface area contributed by atoms with E-state index in [0.29, 0.717) is 50.4 Å². The normalized spacial score (nSPS) is 15.5. The van der Waals surface area contributed by atoms with Crippen molar-refractivity contribution in [3.63, 3.8) is 0 Å². The van der Waals surface area contributed by atoms with Crippen LogP contribution >= 0.6 is 23.2 Å². The molecule has 0 radical (unpaired) electrons. The molecule has 0 bridgehead atoms. The van der Waals surface area contributed by atoms with Crippen LogP contribution in [0.5, 0.6) is 17.2 Å². The van der Waals surface area contributed by atoms with Crippen LogP contribution in [0, 0.1) is 6.92 Å². The second-order valence-corrected chi connectivity index (χ2v) is 8.42. The Morgan fingerprint density at radius 1 is 1.06 bits per heavy atom. The van der Waals surface area contributed by atoms with Crippen LogP contribution < -0.4 is 14.2 Å². The van der Waals surface area contributed by atoms with E-state index in [1.807, 2.05) is 0 Å². The Morgan fingerprint density at radius 2 is 1.85 bits per heavy atom. The number of aryl methyl sites for hydroxylation is 1. The van der Waals surface area contributed by atoms with E-state index in [0.717, 1.165) is 5.56 Å². The van der Waals surface area contributed by atoms with Crippen LogP contribution in [0.3, 0.4) is 0 Å². The van der Waals surface area contributed by atoms with E-state index < -0.39 is 5.97 Å². The van der Waals surface area contributed by atoms with Crippen molar-refractivity contribution in [3.05, 3.63) is 92.2 Å². The van der Waals surface area contributed by atoms with Crippen LogP contribution in [0.15, 0.2) is 54.3 Å². The quantitative estimate of drug-likeness (QED) is 0.259. The Kier molecular flexibility index (Phi) is 5.58. The second kappa shape index (κ2) is 8.56. The summed E-state index contributed by atoms with van der Waals surface area (Å²) in [6.07, 6.45) is 1.59. The standard InChI is InChI=1S/C25H16Cl2O6/c1-13-6-19(32-25(29)14-2-4-17(26)5-3-14)10-20-22(13)23(28)21(33-20)9-15-7-18(27)8-16-11-30-12-31-24(15)16/h2-10H,11-12H2,1H3/b21-9-. The molecule has 5 rings (SSSR count). The maximum absolute atomic E-state index is 13.0. The molecule has 0 fully saturated rings. The Labute approximate surface area is 199 Å². The third-order valence-electron chi connectivity index (χ3n) is 5.22. The van der Waals surface area contributed by atoms with Crippen LogP contribution in [-0.2, 0) is 11.3 Å². The number of allylic oxidation sites excluding steroid dienone is 1. The van der Waals surface area contributed by atoms with Gasteiger partial charge >= 0.3 is 5.97 Å². The fourth-order valence-electron chi connectivity index (χ4n) is 3.75.